The van der Waals surface area contributed by atoms with Crippen molar-refractivity contribution in [1.29, 1.82) is 0 Å². The molecule has 34 heavy (non-hydrogen) atoms. The van der Waals surface area contributed by atoms with E-state index < -0.39 is 0 Å². The van der Waals surface area contributed by atoms with Crippen molar-refractivity contribution < 1.29 is 14.3 Å². The van der Waals surface area contributed by atoms with Crippen molar-refractivity contribution in [2.75, 3.05) is 45.6 Å². The summed E-state index contributed by atoms with van der Waals surface area (Å²) >= 11 is 6.11. The molecule has 2 aliphatic rings. The predicted molar refractivity (Wildman–Crippen MR) is 136 cm³/mol. The molecule has 1 aromatic rings. The average Bonchev–Trinajstić information content (AvgIpc) is 2.82. The van der Waals surface area contributed by atoms with Crippen LogP contribution in [0.3, 0.4) is 0 Å². The minimum atomic E-state index is -0.188. The number of piperidine rings is 2. The van der Waals surface area contributed by atoms with Crippen LogP contribution in [-0.4, -0.2) is 73.5 Å². The van der Waals surface area contributed by atoms with Gasteiger partial charge < -0.3 is 31.3 Å². The summed E-state index contributed by atoms with van der Waals surface area (Å²) in [6.07, 6.45) is 4.33. The fourth-order valence-corrected chi connectivity index (χ4v) is 4.90. The Kier molecular flexibility index (Phi) is 9.45. The number of hydrogen-bond acceptors (Lipinski definition) is 6. The molecule has 2 heterocycles. The van der Waals surface area contributed by atoms with Crippen molar-refractivity contribution in [3.8, 4) is 5.75 Å². The van der Waals surface area contributed by atoms with Crippen LogP contribution in [0.5, 0.6) is 5.75 Å². The Balaban J connectivity index is 1.40. The van der Waals surface area contributed by atoms with Gasteiger partial charge in [0.05, 0.1) is 23.4 Å². The molecule has 2 fully saturated rings. The number of nitrogen functional groups attached to an aromatic ring is 1. The summed E-state index contributed by atoms with van der Waals surface area (Å²) < 4.78 is 5.31. The standard InChI is InChI=1S/C25H40ClN5O3/c1-16(2)21(27)14-24(32)31-10-4-17(5-11-31)15-30-8-6-18(7-9-30)29-25(33)19-12-20(26)22(28)13-23(19)34-3/h12-13,16-18,21H,4-11,14-15,27-28H2,1-3H3,(H,29,33). The van der Waals surface area contributed by atoms with E-state index in [0.717, 1.165) is 58.4 Å². The molecular weight excluding hydrogens is 454 g/mol. The number of rotatable bonds is 8. The van der Waals surface area contributed by atoms with Crippen molar-refractivity contribution in [3.05, 3.63) is 22.7 Å². The molecule has 1 unspecified atom stereocenters. The molecule has 2 amide bonds. The number of benzene rings is 1. The van der Waals surface area contributed by atoms with Crippen LogP contribution in [0.15, 0.2) is 12.1 Å². The van der Waals surface area contributed by atoms with Gasteiger partial charge in [-0.15, -0.1) is 0 Å². The fraction of sp³-hybridized carbons (Fsp3) is 0.680. The molecule has 3 rings (SSSR count). The molecule has 8 nitrogen and oxygen atoms in total. The van der Waals surface area contributed by atoms with E-state index >= 15 is 0 Å². The van der Waals surface area contributed by atoms with Crippen molar-refractivity contribution in [2.45, 2.75) is 58.0 Å². The van der Waals surface area contributed by atoms with Crippen LogP contribution >= 0.6 is 11.6 Å². The highest BCUT2D eigenvalue weighted by atomic mass is 35.5. The number of anilines is 1. The summed E-state index contributed by atoms with van der Waals surface area (Å²) in [6.45, 7) is 8.72. The van der Waals surface area contributed by atoms with Gasteiger partial charge in [-0.2, -0.15) is 0 Å². The summed E-state index contributed by atoms with van der Waals surface area (Å²) in [6, 6.07) is 3.20. The lowest BCUT2D eigenvalue weighted by Crippen LogP contribution is -2.47. The van der Waals surface area contributed by atoms with Crippen molar-refractivity contribution in [2.24, 2.45) is 17.6 Å². The number of nitrogens with two attached hydrogens (primary N) is 2. The van der Waals surface area contributed by atoms with E-state index in [1.54, 1.807) is 12.1 Å². The van der Waals surface area contributed by atoms with Gasteiger partial charge in [-0.05, 0) is 43.6 Å². The van der Waals surface area contributed by atoms with Gasteiger partial charge >= 0.3 is 0 Å². The number of carbonyl (C=O) groups is 2. The van der Waals surface area contributed by atoms with Crippen molar-refractivity contribution in [1.82, 2.24) is 15.1 Å². The van der Waals surface area contributed by atoms with Crippen LogP contribution in [0, 0.1) is 11.8 Å². The van der Waals surface area contributed by atoms with E-state index in [9.17, 15) is 9.59 Å². The van der Waals surface area contributed by atoms with Gasteiger partial charge in [0.2, 0.25) is 5.91 Å². The van der Waals surface area contributed by atoms with Crippen LogP contribution in [0.4, 0.5) is 5.69 Å². The van der Waals surface area contributed by atoms with Crippen molar-refractivity contribution >= 4 is 29.1 Å². The maximum atomic E-state index is 12.8. The predicted octanol–water partition coefficient (Wildman–Crippen LogP) is 2.74. The third-order valence-corrected chi connectivity index (χ3v) is 7.56. The smallest absolute Gasteiger partial charge is 0.255 e. The average molecular weight is 494 g/mol. The van der Waals surface area contributed by atoms with E-state index in [1.807, 2.05) is 4.90 Å². The minimum Gasteiger partial charge on any atom is -0.496 e. The Bertz CT molecular complexity index is 849. The zero-order valence-electron chi connectivity index (χ0n) is 20.7. The molecule has 0 aliphatic carbocycles. The maximum absolute atomic E-state index is 12.8. The number of likely N-dealkylation sites (tertiary alicyclic amines) is 2. The van der Waals surface area contributed by atoms with Gasteiger partial charge in [-0.3, -0.25) is 9.59 Å². The highest BCUT2D eigenvalue weighted by Gasteiger charge is 2.28. The van der Waals surface area contributed by atoms with E-state index in [4.69, 9.17) is 27.8 Å². The minimum absolute atomic E-state index is 0.0647. The van der Waals surface area contributed by atoms with Gasteiger partial charge in [0, 0.05) is 57.3 Å². The maximum Gasteiger partial charge on any atom is 0.255 e. The number of halogens is 1. The first kappa shape index (κ1) is 26.6. The van der Waals surface area contributed by atoms with Crippen molar-refractivity contribution in [3.63, 3.8) is 0 Å². The quantitative estimate of drug-likeness (QED) is 0.480. The zero-order valence-corrected chi connectivity index (χ0v) is 21.4. The monoisotopic (exact) mass is 493 g/mol. The molecule has 190 valence electrons. The van der Waals surface area contributed by atoms with E-state index in [-0.39, 0.29) is 23.9 Å². The topological polar surface area (TPSA) is 114 Å². The first-order valence-electron chi connectivity index (χ1n) is 12.4. The number of ether oxygens (including phenoxy) is 1. The number of hydrogen-bond donors (Lipinski definition) is 3. The second-order valence-corrected chi connectivity index (χ2v) is 10.5. The van der Waals surface area contributed by atoms with E-state index in [0.29, 0.717) is 40.3 Å². The summed E-state index contributed by atoms with van der Waals surface area (Å²) in [7, 11) is 1.51. The number of nitrogens with one attached hydrogen (secondary N) is 1. The van der Waals surface area contributed by atoms with Gasteiger partial charge in [0.25, 0.3) is 5.91 Å². The number of amides is 2. The number of methoxy groups -OCH3 is 1. The summed E-state index contributed by atoms with van der Waals surface area (Å²) in [5, 5.41) is 3.47. The molecule has 9 heteroatoms. The number of nitrogens with zero attached hydrogens (tertiary/aromatic N) is 2. The third-order valence-electron chi connectivity index (χ3n) is 7.24. The Morgan fingerprint density at radius 2 is 1.79 bits per heavy atom. The molecule has 0 bridgehead atoms. The van der Waals surface area contributed by atoms with Crippen LogP contribution in [0.2, 0.25) is 5.02 Å². The SMILES string of the molecule is COc1cc(N)c(Cl)cc1C(=O)NC1CCN(CC2CCN(C(=O)CC(N)C(C)C)CC2)CC1. The molecule has 0 aromatic heterocycles. The molecule has 0 spiro atoms. The highest BCUT2D eigenvalue weighted by Crippen LogP contribution is 2.29. The highest BCUT2D eigenvalue weighted by molar-refractivity contribution is 6.33. The molecule has 1 aromatic carbocycles. The van der Waals surface area contributed by atoms with Crippen LogP contribution in [0.1, 0.15) is 56.3 Å². The van der Waals surface area contributed by atoms with Gasteiger partial charge in [-0.25, -0.2) is 0 Å². The largest absolute Gasteiger partial charge is 0.496 e. The molecular formula is C25H40ClN5O3. The lowest BCUT2D eigenvalue weighted by atomic mass is 9.94. The van der Waals surface area contributed by atoms with E-state index in [1.165, 1.54) is 7.11 Å². The lowest BCUT2D eigenvalue weighted by molar-refractivity contribution is -0.133. The molecule has 5 N–H and O–H groups in total. The molecule has 2 aliphatic heterocycles. The lowest BCUT2D eigenvalue weighted by Gasteiger charge is -2.38. The summed E-state index contributed by atoms with van der Waals surface area (Å²) in [4.78, 5) is 29.8. The Labute approximate surface area is 208 Å². The Hall–Kier alpha value is -2.03. The first-order chi connectivity index (χ1) is 16.2. The van der Waals surface area contributed by atoms with Crippen LogP contribution < -0.4 is 21.5 Å². The van der Waals surface area contributed by atoms with Gasteiger partial charge in [0.15, 0.2) is 0 Å². The fourth-order valence-electron chi connectivity index (χ4n) is 4.73. The normalized spacial score (nSPS) is 19.3. The van der Waals surface area contributed by atoms with Crippen LogP contribution in [-0.2, 0) is 4.79 Å². The summed E-state index contributed by atoms with van der Waals surface area (Å²) in [5.74, 6) is 1.35. The van der Waals surface area contributed by atoms with Crippen LogP contribution in [0.25, 0.3) is 0 Å². The second-order valence-electron chi connectivity index (χ2n) is 10.1. The summed E-state index contributed by atoms with van der Waals surface area (Å²) in [5.41, 5.74) is 12.7. The first-order valence-corrected chi connectivity index (χ1v) is 12.7. The van der Waals surface area contributed by atoms with E-state index in [2.05, 4.69) is 24.1 Å². The Morgan fingerprint density at radius 1 is 1.15 bits per heavy atom. The third kappa shape index (κ3) is 6.99. The number of carbonyl (C=O) groups excluding carboxylic acids is 2. The molecule has 0 saturated carbocycles. The molecule has 2 saturated heterocycles. The second kappa shape index (κ2) is 12.1. The zero-order chi connectivity index (χ0) is 24.8. The van der Waals surface area contributed by atoms with Gasteiger partial charge in [-0.1, -0.05) is 25.4 Å². The molecule has 1 atom stereocenters. The van der Waals surface area contributed by atoms with Gasteiger partial charge in [0.1, 0.15) is 5.75 Å². The Morgan fingerprint density at radius 3 is 2.38 bits per heavy atom. The molecule has 0 radical (unpaired) electrons.